The Hall–Kier alpha value is -3.04. The number of thiophene rings is 1. The molecule has 3 aromatic heterocycles. The number of pyridine rings is 1. The highest BCUT2D eigenvalue weighted by atomic mass is 32.2. The molecular formula is C21H17FN2O4S2. The molecule has 0 aliphatic rings. The second kappa shape index (κ2) is 7.66. The van der Waals surface area contributed by atoms with E-state index in [9.17, 15) is 22.7 Å². The predicted octanol–water partition coefficient (Wildman–Crippen LogP) is 4.05. The van der Waals surface area contributed by atoms with E-state index in [-0.39, 0.29) is 22.8 Å². The molecule has 0 fully saturated rings. The number of rotatable bonds is 6. The molecule has 3 heterocycles. The van der Waals surface area contributed by atoms with Crippen LogP contribution in [0, 0.1) is 12.7 Å². The van der Waals surface area contributed by atoms with Gasteiger partial charge >= 0.3 is 5.97 Å². The SMILES string of the molecule is Cc1c(Cc2sccc2S(=O)(=O)c2ccncc2)c2cc(F)ccc2n1CC(=O)O. The summed E-state index contributed by atoms with van der Waals surface area (Å²) >= 11 is 1.30. The van der Waals surface area contributed by atoms with Crippen LogP contribution in [0.25, 0.3) is 10.9 Å². The molecule has 1 aromatic carbocycles. The van der Waals surface area contributed by atoms with Crippen molar-refractivity contribution in [3.8, 4) is 0 Å². The van der Waals surface area contributed by atoms with Crippen molar-refractivity contribution in [1.29, 1.82) is 0 Å². The molecule has 9 heteroatoms. The fourth-order valence-corrected chi connectivity index (χ4v) is 6.28. The topological polar surface area (TPSA) is 89.3 Å². The van der Waals surface area contributed by atoms with Crippen LogP contribution in [0.2, 0.25) is 0 Å². The largest absolute Gasteiger partial charge is 0.480 e. The molecule has 0 saturated carbocycles. The van der Waals surface area contributed by atoms with Crippen molar-refractivity contribution in [3.63, 3.8) is 0 Å². The Morgan fingerprint density at radius 1 is 1.20 bits per heavy atom. The summed E-state index contributed by atoms with van der Waals surface area (Å²) in [6.45, 7) is 1.50. The second-order valence-corrected chi connectivity index (χ2v) is 9.70. The predicted molar refractivity (Wildman–Crippen MR) is 111 cm³/mol. The third kappa shape index (κ3) is 3.50. The first-order valence-electron chi connectivity index (χ1n) is 8.99. The van der Waals surface area contributed by atoms with Gasteiger partial charge in [0.15, 0.2) is 0 Å². The van der Waals surface area contributed by atoms with Gasteiger partial charge in [0.25, 0.3) is 0 Å². The number of aliphatic carboxylic acids is 1. The fourth-order valence-electron chi connectivity index (χ4n) is 3.59. The lowest BCUT2D eigenvalue weighted by Gasteiger charge is -2.08. The van der Waals surface area contributed by atoms with Gasteiger partial charge in [-0.2, -0.15) is 0 Å². The number of sulfone groups is 1. The smallest absolute Gasteiger partial charge is 0.323 e. The van der Waals surface area contributed by atoms with Crippen molar-refractivity contribution in [1.82, 2.24) is 9.55 Å². The Morgan fingerprint density at radius 3 is 2.63 bits per heavy atom. The molecule has 0 amide bonds. The summed E-state index contributed by atoms with van der Waals surface area (Å²) in [5.74, 6) is -1.45. The highest BCUT2D eigenvalue weighted by molar-refractivity contribution is 7.91. The van der Waals surface area contributed by atoms with Crippen LogP contribution in [0.1, 0.15) is 16.1 Å². The maximum Gasteiger partial charge on any atom is 0.323 e. The molecule has 0 aliphatic heterocycles. The summed E-state index contributed by atoms with van der Waals surface area (Å²) in [4.78, 5) is 16.1. The van der Waals surface area contributed by atoms with Gasteiger partial charge in [-0.25, -0.2) is 12.8 Å². The van der Waals surface area contributed by atoms with Crippen molar-refractivity contribution in [2.75, 3.05) is 0 Å². The van der Waals surface area contributed by atoms with Crippen LogP contribution in [0.5, 0.6) is 0 Å². The second-order valence-electron chi connectivity index (χ2n) is 6.78. The molecule has 0 saturated heterocycles. The highest BCUT2D eigenvalue weighted by Gasteiger charge is 2.24. The zero-order valence-electron chi connectivity index (χ0n) is 15.9. The van der Waals surface area contributed by atoms with E-state index in [0.717, 1.165) is 0 Å². The molecule has 0 atom stereocenters. The van der Waals surface area contributed by atoms with E-state index >= 15 is 0 Å². The number of hydrogen-bond donors (Lipinski definition) is 1. The average Bonchev–Trinajstić information content (AvgIpc) is 3.28. The van der Waals surface area contributed by atoms with E-state index in [1.165, 1.54) is 48.0 Å². The minimum atomic E-state index is -3.74. The third-order valence-electron chi connectivity index (χ3n) is 5.00. The van der Waals surface area contributed by atoms with Gasteiger partial charge in [0, 0.05) is 40.3 Å². The summed E-state index contributed by atoms with van der Waals surface area (Å²) in [6, 6.07) is 8.64. The molecule has 154 valence electrons. The lowest BCUT2D eigenvalue weighted by molar-refractivity contribution is -0.137. The first-order valence-corrected chi connectivity index (χ1v) is 11.4. The molecule has 0 aliphatic carbocycles. The number of nitrogens with zero attached hydrogens (tertiary/aromatic N) is 2. The Bertz CT molecular complexity index is 1360. The summed E-state index contributed by atoms with van der Waals surface area (Å²) in [5, 5.41) is 11.6. The number of hydrogen-bond acceptors (Lipinski definition) is 5. The number of carboxylic acid groups (broad SMARTS) is 1. The van der Waals surface area contributed by atoms with E-state index in [0.29, 0.717) is 27.0 Å². The van der Waals surface area contributed by atoms with Gasteiger partial charge in [-0.1, -0.05) is 0 Å². The van der Waals surface area contributed by atoms with Crippen LogP contribution in [-0.4, -0.2) is 29.0 Å². The zero-order chi connectivity index (χ0) is 21.5. The highest BCUT2D eigenvalue weighted by Crippen LogP contribution is 2.34. The first kappa shape index (κ1) is 20.2. The molecule has 4 rings (SSSR count). The molecule has 0 unspecified atom stereocenters. The monoisotopic (exact) mass is 444 g/mol. The normalized spacial score (nSPS) is 11.8. The summed E-state index contributed by atoms with van der Waals surface area (Å²) < 4.78 is 41.8. The molecule has 1 N–H and O–H groups in total. The van der Waals surface area contributed by atoms with Crippen LogP contribution in [-0.2, 0) is 27.6 Å². The van der Waals surface area contributed by atoms with E-state index in [4.69, 9.17) is 0 Å². The van der Waals surface area contributed by atoms with Gasteiger partial charge in [0.1, 0.15) is 12.4 Å². The maximum absolute atomic E-state index is 14.0. The zero-order valence-corrected chi connectivity index (χ0v) is 17.5. The number of fused-ring (bicyclic) bond motifs is 1. The number of halogens is 1. The van der Waals surface area contributed by atoms with Gasteiger partial charge in [0.05, 0.1) is 9.79 Å². The van der Waals surface area contributed by atoms with Gasteiger partial charge in [-0.05, 0) is 54.3 Å². The standard InChI is InChI=1S/C21H17FN2O4S2/c1-13-16(17-10-14(22)2-3-18(17)24(13)12-21(25)26)11-19-20(6-9-29-19)30(27,28)15-4-7-23-8-5-15/h2-10H,11-12H2,1H3,(H,25,26). The Morgan fingerprint density at radius 2 is 1.93 bits per heavy atom. The van der Waals surface area contributed by atoms with E-state index < -0.39 is 21.6 Å². The van der Waals surface area contributed by atoms with Crippen molar-refractivity contribution in [2.24, 2.45) is 0 Å². The molecule has 0 spiro atoms. The van der Waals surface area contributed by atoms with Crippen LogP contribution in [0.4, 0.5) is 4.39 Å². The Labute approximate surface area is 176 Å². The Balaban J connectivity index is 1.84. The number of carboxylic acids is 1. The fraction of sp³-hybridized carbons (Fsp3) is 0.143. The Kier molecular flexibility index (Phi) is 5.17. The first-order chi connectivity index (χ1) is 14.3. The summed E-state index contributed by atoms with van der Waals surface area (Å²) in [6.07, 6.45) is 3.09. The molecule has 30 heavy (non-hydrogen) atoms. The van der Waals surface area contributed by atoms with Gasteiger partial charge in [-0.15, -0.1) is 11.3 Å². The van der Waals surface area contributed by atoms with E-state index in [1.54, 1.807) is 29.0 Å². The third-order valence-corrected chi connectivity index (χ3v) is 7.91. The van der Waals surface area contributed by atoms with Crippen LogP contribution < -0.4 is 0 Å². The maximum atomic E-state index is 14.0. The molecule has 0 bridgehead atoms. The van der Waals surface area contributed by atoms with Crippen molar-refractivity contribution >= 4 is 38.0 Å². The van der Waals surface area contributed by atoms with Gasteiger partial charge in [-0.3, -0.25) is 9.78 Å². The van der Waals surface area contributed by atoms with Crippen molar-refractivity contribution in [3.05, 3.63) is 76.1 Å². The van der Waals surface area contributed by atoms with E-state index in [2.05, 4.69) is 4.98 Å². The molecular weight excluding hydrogens is 427 g/mol. The summed E-state index contributed by atoms with van der Waals surface area (Å²) in [7, 11) is -3.74. The minimum absolute atomic E-state index is 0.147. The van der Waals surface area contributed by atoms with Crippen molar-refractivity contribution < 1.29 is 22.7 Å². The lowest BCUT2D eigenvalue weighted by atomic mass is 10.1. The summed E-state index contributed by atoms with van der Waals surface area (Å²) in [5.41, 5.74) is 1.97. The van der Waals surface area contributed by atoms with E-state index in [1.807, 2.05) is 0 Å². The molecule has 0 radical (unpaired) electrons. The molecule has 4 aromatic rings. The average molecular weight is 445 g/mol. The van der Waals surface area contributed by atoms with Crippen LogP contribution >= 0.6 is 11.3 Å². The number of aromatic nitrogens is 2. The van der Waals surface area contributed by atoms with Crippen molar-refractivity contribution in [2.45, 2.75) is 29.7 Å². The minimum Gasteiger partial charge on any atom is -0.480 e. The van der Waals surface area contributed by atoms with Crippen LogP contribution in [0.3, 0.4) is 0 Å². The van der Waals surface area contributed by atoms with Crippen LogP contribution in [0.15, 0.2) is 64.0 Å². The van der Waals surface area contributed by atoms with Gasteiger partial charge in [0.2, 0.25) is 9.84 Å². The number of carbonyl (C=O) groups is 1. The number of benzene rings is 1. The lowest BCUT2D eigenvalue weighted by Crippen LogP contribution is -2.10. The van der Waals surface area contributed by atoms with Gasteiger partial charge < -0.3 is 9.67 Å². The quantitative estimate of drug-likeness (QED) is 0.485. The molecule has 6 nitrogen and oxygen atoms in total.